The van der Waals surface area contributed by atoms with Crippen LogP contribution in [0, 0.1) is 0 Å². The standard InChI is InChI=1S/C9H12O.C3H6O.3C2H6/c1-3-8-4-6-9(10-2)7-5-8;1-3(2)4;3*1-2/h4-7H,3H2,1-2H3;1-2H3;3*1-2H3. The van der Waals surface area contributed by atoms with E-state index in [0.29, 0.717) is 0 Å². The zero-order valence-corrected chi connectivity index (χ0v) is 15.3. The Hall–Kier alpha value is -1.31. The summed E-state index contributed by atoms with van der Waals surface area (Å²) in [6.45, 7) is 17.2. The number of hydrogen-bond acceptors (Lipinski definition) is 2. The number of rotatable bonds is 2. The van der Waals surface area contributed by atoms with E-state index in [1.54, 1.807) is 7.11 Å². The van der Waals surface area contributed by atoms with Gasteiger partial charge in [-0.05, 0) is 38.0 Å². The van der Waals surface area contributed by atoms with Crippen molar-refractivity contribution in [2.45, 2.75) is 68.7 Å². The van der Waals surface area contributed by atoms with Gasteiger partial charge in [0.15, 0.2) is 0 Å². The smallest absolute Gasteiger partial charge is 0.126 e. The number of methoxy groups -OCH3 is 1. The molecule has 0 spiro atoms. The lowest BCUT2D eigenvalue weighted by Gasteiger charge is -1.99. The summed E-state index contributed by atoms with van der Waals surface area (Å²) in [7, 11) is 1.68. The topological polar surface area (TPSA) is 26.3 Å². The largest absolute Gasteiger partial charge is 0.497 e. The summed E-state index contributed by atoms with van der Waals surface area (Å²) in [5.74, 6) is 1.09. The Kier molecular flexibility index (Phi) is 35.6. The minimum Gasteiger partial charge on any atom is -0.497 e. The van der Waals surface area contributed by atoms with Crippen LogP contribution in [0.4, 0.5) is 0 Å². The molecule has 0 atom stereocenters. The van der Waals surface area contributed by atoms with E-state index in [-0.39, 0.29) is 5.78 Å². The van der Waals surface area contributed by atoms with Crippen molar-refractivity contribution in [3.8, 4) is 5.75 Å². The van der Waals surface area contributed by atoms with Gasteiger partial charge in [-0.15, -0.1) is 0 Å². The van der Waals surface area contributed by atoms with E-state index in [2.05, 4.69) is 19.1 Å². The molecule has 0 aromatic heterocycles. The number of carbonyl (C=O) groups excluding carboxylic acids is 1. The summed E-state index contributed by atoms with van der Waals surface area (Å²) in [4.78, 5) is 9.44. The van der Waals surface area contributed by atoms with E-state index in [1.807, 2.05) is 53.7 Å². The molecule has 1 rings (SSSR count). The Balaban J connectivity index is -0.000000108. The lowest BCUT2D eigenvalue weighted by atomic mass is 10.2. The number of ketones is 1. The number of ether oxygens (including phenoxy) is 1. The third kappa shape index (κ3) is 25.5. The highest BCUT2D eigenvalue weighted by Crippen LogP contribution is 2.10. The van der Waals surface area contributed by atoms with Gasteiger partial charge in [-0.2, -0.15) is 0 Å². The fourth-order valence-corrected chi connectivity index (χ4v) is 0.861. The van der Waals surface area contributed by atoms with Crippen LogP contribution in [0.2, 0.25) is 0 Å². The highest BCUT2D eigenvalue weighted by atomic mass is 16.5. The zero-order valence-electron chi connectivity index (χ0n) is 15.3. The summed E-state index contributed by atoms with van der Waals surface area (Å²) in [5, 5.41) is 0. The first-order valence-electron chi connectivity index (χ1n) is 7.70. The first kappa shape index (κ1) is 27.1. The molecule has 0 saturated carbocycles. The van der Waals surface area contributed by atoms with Gasteiger partial charge < -0.3 is 9.53 Å². The summed E-state index contributed by atoms with van der Waals surface area (Å²) in [5.41, 5.74) is 1.35. The first-order chi connectivity index (χ1) is 9.60. The molecular weight excluding hydrogens is 248 g/mol. The average molecular weight is 284 g/mol. The Labute approximate surface area is 127 Å². The van der Waals surface area contributed by atoms with E-state index in [9.17, 15) is 4.79 Å². The summed E-state index contributed by atoms with van der Waals surface area (Å²) >= 11 is 0. The van der Waals surface area contributed by atoms with Gasteiger partial charge in [0.2, 0.25) is 0 Å². The molecule has 2 nitrogen and oxygen atoms in total. The minimum atomic E-state index is 0.167. The van der Waals surface area contributed by atoms with Gasteiger partial charge in [0, 0.05) is 0 Å². The third-order valence-electron chi connectivity index (χ3n) is 1.57. The second-order valence-corrected chi connectivity index (χ2v) is 3.11. The van der Waals surface area contributed by atoms with E-state index in [0.717, 1.165) is 12.2 Å². The van der Waals surface area contributed by atoms with Gasteiger partial charge in [0.05, 0.1) is 7.11 Å². The van der Waals surface area contributed by atoms with Crippen molar-refractivity contribution in [1.82, 2.24) is 0 Å². The molecule has 0 unspecified atom stereocenters. The molecule has 0 amide bonds. The number of Topliss-reactive ketones (excluding diaryl/α,β-unsaturated/α-hetero) is 1. The molecule has 0 saturated heterocycles. The van der Waals surface area contributed by atoms with Crippen molar-refractivity contribution >= 4 is 5.78 Å². The maximum Gasteiger partial charge on any atom is 0.126 e. The van der Waals surface area contributed by atoms with Gasteiger partial charge >= 0.3 is 0 Å². The van der Waals surface area contributed by atoms with Gasteiger partial charge in [-0.25, -0.2) is 0 Å². The van der Waals surface area contributed by atoms with Crippen LogP contribution in [0.1, 0.15) is 67.9 Å². The van der Waals surface area contributed by atoms with E-state index in [4.69, 9.17) is 4.74 Å². The van der Waals surface area contributed by atoms with Gasteiger partial charge in [-0.3, -0.25) is 0 Å². The monoisotopic (exact) mass is 284 g/mol. The minimum absolute atomic E-state index is 0.167. The number of aryl methyl sites for hydroxylation is 1. The van der Waals surface area contributed by atoms with Crippen LogP contribution < -0.4 is 4.74 Å². The van der Waals surface area contributed by atoms with Gasteiger partial charge in [-0.1, -0.05) is 60.6 Å². The zero-order chi connectivity index (χ0) is 17.0. The highest BCUT2D eigenvalue weighted by molar-refractivity contribution is 5.72. The summed E-state index contributed by atoms with van der Waals surface area (Å²) in [6.07, 6.45) is 1.09. The molecule has 0 heterocycles. The number of hydrogen-bond donors (Lipinski definition) is 0. The number of benzene rings is 1. The van der Waals surface area contributed by atoms with Crippen molar-refractivity contribution in [3.05, 3.63) is 29.8 Å². The van der Waals surface area contributed by atoms with Crippen molar-refractivity contribution < 1.29 is 9.53 Å². The molecule has 0 bridgehead atoms. The molecule has 20 heavy (non-hydrogen) atoms. The maximum absolute atomic E-state index is 9.44. The van der Waals surface area contributed by atoms with Crippen LogP contribution in [0.15, 0.2) is 24.3 Å². The molecule has 0 aliphatic rings. The van der Waals surface area contributed by atoms with Gasteiger partial charge in [0.1, 0.15) is 11.5 Å². The van der Waals surface area contributed by atoms with Crippen LogP contribution in [0.5, 0.6) is 5.75 Å². The Morgan fingerprint density at radius 3 is 1.40 bits per heavy atom. The van der Waals surface area contributed by atoms with Crippen LogP contribution in [-0.2, 0) is 11.2 Å². The van der Waals surface area contributed by atoms with E-state index >= 15 is 0 Å². The fraction of sp³-hybridized carbons (Fsp3) is 0.611. The third-order valence-corrected chi connectivity index (χ3v) is 1.57. The van der Waals surface area contributed by atoms with Crippen molar-refractivity contribution in [1.29, 1.82) is 0 Å². The Bertz CT molecular complexity index is 236. The SMILES string of the molecule is CC.CC.CC.CC(C)=O.CCc1ccc(OC)cc1. The molecule has 0 aliphatic carbocycles. The van der Waals surface area contributed by atoms with Crippen molar-refractivity contribution in [3.63, 3.8) is 0 Å². The second kappa shape index (κ2) is 26.3. The van der Waals surface area contributed by atoms with Crippen LogP contribution in [-0.4, -0.2) is 12.9 Å². The molecule has 0 aliphatic heterocycles. The second-order valence-electron chi connectivity index (χ2n) is 3.11. The van der Waals surface area contributed by atoms with Crippen LogP contribution in [0.25, 0.3) is 0 Å². The average Bonchev–Trinajstić information content (AvgIpc) is 2.53. The van der Waals surface area contributed by atoms with Crippen molar-refractivity contribution in [2.75, 3.05) is 7.11 Å². The number of carbonyl (C=O) groups is 1. The fourth-order valence-electron chi connectivity index (χ4n) is 0.861. The summed E-state index contributed by atoms with van der Waals surface area (Å²) < 4.78 is 5.01. The highest BCUT2D eigenvalue weighted by Gasteiger charge is 1.89. The quantitative estimate of drug-likeness (QED) is 0.672. The predicted octanol–water partition coefficient (Wildman–Crippen LogP) is 5.93. The molecule has 0 N–H and O–H groups in total. The van der Waals surface area contributed by atoms with Gasteiger partial charge in [0.25, 0.3) is 0 Å². The maximum atomic E-state index is 9.44. The first-order valence-corrected chi connectivity index (χ1v) is 7.70. The van der Waals surface area contributed by atoms with E-state index in [1.165, 1.54) is 19.4 Å². The van der Waals surface area contributed by atoms with Crippen molar-refractivity contribution in [2.24, 2.45) is 0 Å². The Morgan fingerprint density at radius 2 is 1.20 bits per heavy atom. The normalized spacial score (nSPS) is 6.90. The molecule has 1 aromatic carbocycles. The lowest BCUT2D eigenvalue weighted by Crippen LogP contribution is -1.83. The molecular formula is C18H36O2. The molecule has 0 fully saturated rings. The van der Waals surface area contributed by atoms with Crippen LogP contribution >= 0.6 is 0 Å². The predicted molar refractivity (Wildman–Crippen MR) is 92.8 cm³/mol. The molecule has 0 radical (unpaired) electrons. The van der Waals surface area contributed by atoms with E-state index < -0.39 is 0 Å². The lowest BCUT2D eigenvalue weighted by molar-refractivity contribution is -0.114. The molecule has 120 valence electrons. The molecule has 1 aromatic rings. The summed E-state index contributed by atoms with van der Waals surface area (Å²) in [6, 6.07) is 8.13. The van der Waals surface area contributed by atoms with Crippen LogP contribution in [0.3, 0.4) is 0 Å². The Morgan fingerprint density at radius 1 is 0.900 bits per heavy atom. The molecule has 2 heteroatoms.